The molecule has 6 nitrogen and oxygen atoms in total. The van der Waals surface area contributed by atoms with Crippen molar-refractivity contribution in [1.29, 1.82) is 0 Å². The van der Waals surface area contributed by atoms with Crippen LogP contribution in [0.15, 0.2) is 53.4 Å². The Morgan fingerprint density at radius 2 is 1.69 bits per heavy atom. The standard InChI is InChI=1S/C24H30ClN3O3S/c25-23-9-3-2-7-19(23)17-27-14-6-8-20(18-27)24(29)26-21-10-12-22(13-11-21)32(30,31)28-15-4-1-5-16-28/h2-3,7,9-13,20H,1,4-6,8,14-18H2,(H,26,29). The topological polar surface area (TPSA) is 69.7 Å². The molecular formula is C24H30ClN3O3S. The molecule has 2 aromatic rings. The van der Waals surface area contributed by atoms with Crippen molar-refractivity contribution in [1.82, 2.24) is 9.21 Å². The summed E-state index contributed by atoms with van der Waals surface area (Å²) in [5.74, 6) is -0.136. The van der Waals surface area contributed by atoms with Crippen LogP contribution in [0.25, 0.3) is 0 Å². The summed E-state index contributed by atoms with van der Waals surface area (Å²) in [6, 6.07) is 14.3. The molecule has 0 aromatic heterocycles. The molecule has 2 heterocycles. The number of carbonyl (C=O) groups is 1. The van der Waals surface area contributed by atoms with E-state index in [1.54, 1.807) is 28.6 Å². The molecule has 1 unspecified atom stereocenters. The molecule has 1 N–H and O–H groups in total. The Morgan fingerprint density at radius 3 is 2.41 bits per heavy atom. The second-order valence-corrected chi connectivity index (χ2v) is 11.0. The van der Waals surface area contributed by atoms with Crippen LogP contribution in [0.3, 0.4) is 0 Å². The van der Waals surface area contributed by atoms with Crippen LogP contribution >= 0.6 is 11.6 Å². The molecule has 0 radical (unpaired) electrons. The van der Waals surface area contributed by atoms with Gasteiger partial charge in [-0.1, -0.05) is 36.2 Å². The second-order valence-electron chi connectivity index (χ2n) is 8.64. The van der Waals surface area contributed by atoms with Crippen molar-refractivity contribution in [2.24, 2.45) is 5.92 Å². The number of piperidine rings is 2. The van der Waals surface area contributed by atoms with Crippen molar-refractivity contribution in [3.63, 3.8) is 0 Å². The number of carbonyl (C=O) groups excluding carboxylic acids is 1. The van der Waals surface area contributed by atoms with Gasteiger partial charge in [0.1, 0.15) is 0 Å². The first-order valence-electron chi connectivity index (χ1n) is 11.3. The van der Waals surface area contributed by atoms with Crippen molar-refractivity contribution >= 4 is 33.2 Å². The lowest BCUT2D eigenvalue weighted by atomic mass is 9.96. The van der Waals surface area contributed by atoms with Crippen molar-refractivity contribution in [2.45, 2.75) is 43.5 Å². The van der Waals surface area contributed by atoms with Crippen molar-refractivity contribution in [2.75, 3.05) is 31.5 Å². The minimum Gasteiger partial charge on any atom is -0.326 e. The molecule has 172 valence electrons. The lowest BCUT2D eigenvalue weighted by Crippen LogP contribution is -2.40. The van der Waals surface area contributed by atoms with Gasteiger partial charge in [-0.2, -0.15) is 4.31 Å². The van der Waals surface area contributed by atoms with Crippen LogP contribution < -0.4 is 5.32 Å². The summed E-state index contributed by atoms with van der Waals surface area (Å²) in [5, 5.41) is 3.71. The summed E-state index contributed by atoms with van der Waals surface area (Å²) in [4.78, 5) is 15.4. The summed E-state index contributed by atoms with van der Waals surface area (Å²) >= 11 is 6.29. The number of likely N-dealkylation sites (tertiary alicyclic amines) is 1. The van der Waals surface area contributed by atoms with Gasteiger partial charge in [-0.25, -0.2) is 8.42 Å². The van der Waals surface area contributed by atoms with Gasteiger partial charge in [-0.3, -0.25) is 9.69 Å². The van der Waals surface area contributed by atoms with Crippen LogP contribution in [-0.2, 0) is 21.4 Å². The van der Waals surface area contributed by atoms with Crippen LogP contribution in [0.2, 0.25) is 5.02 Å². The largest absolute Gasteiger partial charge is 0.326 e. The highest BCUT2D eigenvalue weighted by Crippen LogP contribution is 2.25. The minimum absolute atomic E-state index is 0.0273. The third-order valence-electron chi connectivity index (χ3n) is 6.30. The van der Waals surface area contributed by atoms with Crippen LogP contribution in [0, 0.1) is 5.92 Å². The third kappa shape index (κ3) is 5.52. The van der Waals surface area contributed by atoms with E-state index in [1.807, 2.05) is 24.3 Å². The van der Waals surface area contributed by atoms with Crippen molar-refractivity contribution < 1.29 is 13.2 Å². The Morgan fingerprint density at radius 1 is 0.969 bits per heavy atom. The van der Waals surface area contributed by atoms with E-state index in [2.05, 4.69) is 10.2 Å². The number of hydrogen-bond acceptors (Lipinski definition) is 4. The lowest BCUT2D eigenvalue weighted by Gasteiger charge is -2.32. The fourth-order valence-electron chi connectivity index (χ4n) is 4.49. The number of anilines is 1. The monoisotopic (exact) mass is 475 g/mol. The third-order valence-corrected chi connectivity index (χ3v) is 8.58. The zero-order chi connectivity index (χ0) is 22.6. The fourth-order valence-corrected chi connectivity index (χ4v) is 6.20. The molecule has 32 heavy (non-hydrogen) atoms. The van der Waals surface area contributed by atoms with Crippen molar-refractivity contribution in [3.05, 3.63) is 59.1 Å². The number of nitrogens with zero attached hydrogens (tertiary/aromatic N) is 2. The molecule has 1 amide bonds. The number of amides is 1. The SMILES string of the molecule is O=C(Nc1ccc(S(=O)(=O)N2CCCCC2)cc1)C1CCCN(Cc2ccccc2Cl)C1. The van der Waals surface area contributed by atoms with E-state index in [4.69, 9.17) is 11.6 Å². The predicted octanol–water partition coefficient (Wildman–Crippen LogP) is 4.37. The average Bonchev–Trinajstić information content (AvgIpc) is 2.82. The highest BCUT2D eigenvalue weighted by Gasteiger charge is 2.27. The zero-order valence-corrected chi connectivity index (χ0v) is 19.7. The maximum Gasteiger partial charge on any atom is 0.243 e. The molecule has 0 aliphatic carbocycles. The molecule has 2 aliphatic rings. The van der Waals surface area contributed by atoms with E-state index in [0.717, 1.165) is 55.8 Å². The van der Waals surface area contributed by atoms with Crippen molar-refractivity contribution in [3.8, 4) is 0 Å². The molecule has 2 saturated heterocycles. The fraction of sp³-hybridized carbons (Fsp3) is 0.458. The lowest BCUT2D eigenvalue weighted by molar-refractivity contribution is -0.121. The zero-order valence-electron chi connectivity index (χ0n) is 18.2. The van der Waals surface area contributed by atoms with Crippen LogP contribution in [0.5, 0.6) is 0 Å². The maximum absolute atomic E-state index is 12.9. The number of rotatable bonds is 6. The van der Waals surface area contributed by atoms with Gasteiger partial charge >= 0.3 is 0 Å². The number of benzene rings is 2. The normalized spacial score (nSPS) is 20.7. The van der Waals surface area contributed by atoms with E-state index >= 15 is 0 Å². The Labute approximate surface area is 195 Å². The van der Waals surface area contributed by atoms with Crippen LogP contribution in [0.4, 0.5) is 5.69 Å². The number of nitrogens with one attached hydrogen (secondary N) is 1. The van der Waals surface area contributed by atoms with Gasteiger partial charge in [0, 0.05) is 36.9 Å². The number of sulfonamides is 1. The molecule has 2 aliphatic heterocycles. The van der Waals surface area contributed by atoms with Crippen LogP contribution in [-0.4, -0.2) is 49.7 Å². The summed E-state index contributed by atoms with van der Waals surface area (Å²) < 4.78 is 27.2. The van der Waals surface area contributed by atoms with Gasteiger partial charge in [-0.15, -0.1) is 0 Å². The first kappa shape index (κ1) is 23.2. The quantitative estimate of drug-likeness (QED) is 0.673. The Kier molecular flexibility index (Phi) is 7.51. The van der Waals surface area contributed by atoms with Crippen LogP contribution in [0.1, 0.15) is 37.7 Å². The molecule has 4 rings (SSSR count). The van der Waals surface area contributed by atoms with Gasteiger partial charge in [0.15, 0.2) is 0 Å². The first-order valence-corrected chi connectivity index (χ1v) is 13.1. The molecule has 2 aromatic carbocycles. The van der Waals surface area contributed by atoms with E-state index < -0.39 is 10.0 Å². The maximum atomic E-state index is 12.9. The molecule has 2 fully saturated rings. The molecule has 0 saturated carbocycles. The van der Waals surface area contributed by atoms with E-state index in [-0.39, 0.29) is 16.7 Å². The Balaban J connectivity index is 1.35. The Hall–Kier alpha value is -1.93. The van der Waals surface area contributed by atoms with Gasteiger partial charge < -0.3 is 5.32 Å². The van der Waals surface area contributed by atoms with E-state index in [1.165, 1.54) is 0 Å². The van der Waals surface area contributed by atoms with E-state index in [0.29, 0.717) is 25.3 Å². The summed E-state index contributed by atoms with van der Waals surface area (Å²) in [6.45, 7) is 3.50. The molecule has 1 atom stereocenters. The molecule has 0 spiro atoms. The summed E-state index contributed by atoms with van der Waals surface area (Å²) in [5.41, 5.74) is 1.69. The minimum atomic E-state index is -3.47. The first-order chi connectivity index (χ1) is 15.4. The highest BCUT2D eigenvalue weighted by atomic mass is 35.5. The second kappa shape index (κ2) is 10.3. The predicted molar refractivity (Wildman–Crippen MR) is 127 cm³/mol. The van der Waals surface area contributed by atoms with Gasteiger partial charge in [0.05, 0.1) is 10.8 Å². The van der Waals surface area contributed by atoms with Gasteiger partial charge in [-0.05, 0) is 68.1 Å². The summed E-state index contributed by atoms with van der Waals surface area (Å²) in [7, 11) is -3.47. The molecule has 8 heteroatoms. The summed E-state index contributed by atoms with van der Waals surface area (Å²) in [6.07, 6.45) is 4.68. The number of hydrogen-bond donors (Lipinski definition) is 1. The molecule has 0 bridgehead atoms. The average molecular weight is 476 g/mol. The number of halogens is 1. The van der Waals surface area contributed by atoms with E-state index in [9.17, 15) is 13.2 Å². The van der Waals surface area contributed by atoms with Gasteiger partial charge in [0.2, 0.25) is 15.9 Å². The van der Waals surface area contributed by atoms with Gasteiger partial charge in [0.25, 0.3) is 0 Å². The highest BCUT2D eigenvalue weighted by molar-refractivity contribution is 7.89. The smallest absolute Gasteiger partial charge is 0.243 e. The Bertz CT molecular complexity index is 1040. The molecular weight excluding hydrogens is 446 g/mol.